The van der Waals surface area contributed by atoms with Crippen molar-refractivity contribution in [1.82, 2.24) is 0 Å². The number of Topliss-reactive ketones (excluding diaryl/α,β-unsaturated/α-hetero) is 1. The Morgan fingerprint density at radius 1 is 1.28 bits per heavy atom. The molecule has 3 N–H and O–H groups in total. The molecule has 1 aliphatic heterocycles. The van der Waals surface area contributed by atoms with Crippen molar-refractivity contribution < 1.29 is 34.4 Å². The topological polar surface area (TPSA) is 113 Å². The summed E-state index contributed by atoms with van der Waals surface area (Å²) in [6, 6.07) is 0. The number of aliphatic hydroxyl groups is 3. The van der Waals surface area contributed by atoms with Gasteiger partial charge in [0.2, 0.25) is 0 Å². The third-order valence-electron chi connectivity index (χ3n) is 7.98. The van der Waals surface area contributed by atoms with E-state index in [0.717, 1.165) is 12.8 Å². The maximum atomic E-state index is 13.5. The molecule has 2 aliphatic carbocycles. The van der Waals surface area contributed by atoms with Gasteiger partial charge in [-0.2, -0.15) is 0 Å². The van der Waals surface area contributed by atoms with Crippen LogP contribution in [0.4, 0.5) is 0 Å². The van der Waals surface area contributed by atoms with Crippen molar-refractivity contribution in [1.29, 1.82) is 0 Å². The van der Waals surface area contributed by atoms with Gasteiger partial charge in [-0.3, -0.25) is 4.79 Å². The van der Waals surface area contributed by atoms with Crippen LogP contribution in [0.25, 0.3) is 0 Å². The summed E-state index contributed by atoms with van der Waals surface area (Å²) in [5.41, 5.74) is -6.18. The summed E-state index contributed by atoms with van der Waals surface area (Å²) in [6.07, 6.45) is 1.02. The van der Waals surface area contributed by atoms with Gasteiger partial charge in [0.15, 0.2) is 11.4 Å². The molecule has 0 spiro atoms. The zero-order valence-electron chi connectivity index (χ0n) is 18.0. The van der Waals surface area contributed by atoms with Crippen LogP contribution in [-0.4, -0.2) is 62.7 Å². The third-order valence-corrected chi connectivity index (χ3v) is 7.98. The summed E-state index contributed by atoms with van der Waals surface area (Å²) in [7, 11) is 0. The predicted octanol–water partition coefficient (Wildman–Crippen LogP) is 1.52. The molecule has 3 aliphatic rings. The number of ether oxygens (including phenoxy) is 2. The fourth-order valence-electron chi connectivity index (χ4n) is 6.71. The zero-order chi connectivity index (χ0) is 22.0. The van der Waals surface area contributed by atoms with Crippen molar-refractivity contribution in [2.24, 2.45) is 16.7 Å². The SMILES string of the molecule is C=C[C@@]1(C)CC(=O)[C@]2(O)[C@@]3(C)CCCC(C)(C)[C@@H]3[C@H](OC(=O)CO)[C@H](O)[C@@]2(C)O1. The molecule has 0 unspecified atom stereocenters. The summed E-state index contributed by atoms with van der Waals surface area (Å²) in [6.45, 7) is 12.0. The van der Waals surface area contributed by atoms with E-state index in [0.29, 0.717) is 6.42 Å². The Labute approximate surface area is 172 Å². The molecular weight excluding hydrogens is 376 g/mol. The molecule has 0 aromatic carbocycles. The number of fused-ring (bicyclic) bond motifs is 3. The fraction of sp³-hybridized carbons (Fsp3) is 0.818. The van der Waals surface area contributed by atoms with Crippen LogP contribution in [0.15, 0.2) is 12.7 Å². The molecule has 164 valence electrons. The van der Waals surface area contributed by atoms with Crippen molar-refractivity contribution in [2.75, 3.05) is 6.61 Å². The normalized spacial score (nSPS) is 49.0. The largest absolute Gasteiger partial charge is 0.457 e. The van der Waals surface area contributed by atoms with Crippen LogP contribution in [-0.2, 0) is 19.1 Å². The van der Waals surface area contributed by atoms with Gasteiger partial charge in [0.1, 0.15) is 24.4 Å². The van der Waals surface area contributed by atoms with E-state index in [2.05, 4.69) is 6.58 Å². The lowest BCUT2D eigenvalue weighted by Gasteiger charge is -2.70. The van der Waals surface area contributed by atoms with Gasteiger partial charge in [0.25, 0.3) is 0 Å². The molecule has 0 amide bonds. The Morgan fingerprint density at radius 2 is 1.90 bits per heavy atom. The number of esters is 1. The smallest absolute Gasteiger partial charge is 0.332 e. The molecular formula is C22H34O7. The molecule has 7 atom stereocenters. The first kappa shape index (κ1) is 22.4. The van der Waals surface area contributed by atoms with Crippen LogP contribution >= 0.6 is 0 Å². The molecule has 3 fully saturated rings. The minimum absolute atomic E-state index is 0.0564. The van der Waals surface area contributed by atoms with E-state index in [4.69, 9.17) is 9.47 Å². The monoisotopic (exact) mass is 410 g/mol. The Balaban J connectivity index is 2.25. The molecule has 2 saturated carbocycles. The van der Waals surface area contributed by atoms with Crippen LogP contribution in [0.1, 0.15) is 60.3 Å². The molecule has 3 rings (SSSR count). The maximum absolute atomic E-state index is 13.5. The van der Waals surface area contributed by atoms with Gasteiger partial charge in [0, 0.05) is 17.8 Å². The quantitative estimate of drug-likeness (QED) is 0.477. The fourth-order valence-corrected chi connectivity index (χ4v) is 6.71. The summed E-state index contributed by atoms with van der Waals surface area (Å²) < 4.78 is 11.8. The summed E-state index contributed by atoms with van der Waals surface area (Å²) in [5, 5.41) is 32.7. The van der Waals surface area contributed by atoms with E-state index in [1.54, 1.807) is 6.92 Å². The molecule has 7 heteroatoms. The van der Waals surface area contributed by atoms with Gasteiger partial charge in [-0.25, -0.2) is 4.79 Å². The number of hydrogen-bond acceptors (Lipinski definition) is 7. The molecule has 0 aromatic heterocycles. The predicted molar refractivity (Wildman–Crippen MR) is 105 cm³/mol. The van der Waals surface area contributed by atoms with Gasteiger partial charge in [-0.15, -0.1) is 6.58 Å². The Bertz CT molecular complexity index is 733. The minimum Gasteiger partial charge on any atom is -0.457 e. The molecule has 1 saturated heterocycles. The van der Waals surface area contributed by atoms with Crippen molar-refractivity contribution in [2.45, 2.75) is 89.3 Å². The van der Waals surface area contributed by atoms with E-state index >= 15 is 0 Å². The van der Waals surface area contributed by atoms with Crippen molar-refractivity contribution in [3.63, 3.8) is 0 Å². The highest BCUT2D eigenvalue weighted by Gasteiger charge is 2.79. The standard InChI is InChI=1S/C22H34O7/c1-7-19(4)11-13(24)22(27)20(5)10-8-9-18(2,3)16(20)15(28-14(25)12-23)17(26)21(22,6)29-19/h7,15-17,23,26-27H,1,8-12H2,2-6H3/t15-,16-,17-,19-,20-,21+,22-/m0/s1. The summed E-state index contributed by atoms with van der Waals surface area (Å²) >= 11 is 0. The van der Waals surface area contributed by atoms with Gasteiger partial charge in [-0.05, 0) is 32.1 Å². The highest BCUT2D eigenvalue weighted by atomic mass is 16.6. The van der Waals surface area contributed by atoms with Crippen LogP contribution in [0, 0.1) is 16.7 Å². The molecule has 29 heavy (non-hydrogen) atoms. The minimum atomic E-state index is -1.97. The second-order valence-corrected chi connectivity index (χ2v) is 10.3. The number of hydrogen-bond donors (Lipinski definition) is 3. The van der Waals surface area contributed by atoms with Crippen LogP contribution in [0.3, 0.4) is 0 Å². The number of aliphatic hydroxyl groups excluding tert-OH is 2. The van der Waals surface area contributed by atoms with E-state index in [-0.39, 0.29) is 6.42 Å². The van der Waals surface area contributed by atoms with Crippen LogP contribution < -0.4 is 0 Å². The van der Waals surface area contributed by atoms with Gasteiger partial charge < -0.3 is 24.8 Å². The molecule has 0 bridgehead atoms. The van der Waals surface area contributed by atoms with Crippen molar-refractivity contribution in [3.8, 4) is 0 Å². The highest BCUT2D eigenvalue weighted by molar-refractivity contribution is 5.92. The first-order valence-electron chi connectivity index (χ1n) is 10.3. The van der Waals surface area contributed by atoms with Gasteiger partial charge in [0.05, 0.1) is 5.60 Å². The first-order chi connectivity index (χ1) is 13.2. The van der Waals surface area contributed by atoms with E-state index < -0.39 is 64.1 Å². The third kappa shape index (κ3) is 2.77. The Kier molecular flexibility index (Phi) is 5.11. The molecule has 7 nitrogen and oxygen atoms in total. The van der Waals surface area contributed by atoms with Gasteiger partial charge >= 0.3 is 5.97 Å². The highest BCUT2D eigenvalue weighted by Crippen LogP contribution is 2.67. The van der Waals surface area contributed by atoms with Crippen molar-refractivity contribution >= 4 is 11.8 Å². The Hall–Kier alpha value is -1.28. The number of carbonyl (C=O) groups is 2. The molecule has 0 aromatic rings. The zero-order valence-corrected chi connectivity index (χ0v) is 18.0. The molecule has 1 heterocycles. The Morgan fingerprint density at radius 3 is 2.45 bits per heavy atom. The summed E-state index contributed by atoms with van der Waals surface area (Å²) in [5.74, 6) is -1.77. The van der Waals surface area contributed by atoms with Crippen LogP contribution in [0.2, 0.25) is 0 Å². The molecule has 0 radical (unpaired) electrons. The second kappa shape index (κ2) is 6.61. The van der Waals surface area contributed by atoms with Gasteiger partial charge in [-0.1, -0.05) is 33.3 Å². The average Bonchev–Trinajstić information content (AvgIpc) is 2.62. The van der Waals surface area contributed by atoms with E-state index in [1.807, 2.05) is 20.8 Å². The number of rotatable bonds is 3. The number of carbonyl (C=O) groups excluding carboxylic acids is 2. The first-order valence-corrected chi connectivity index (χ1v) is 10.3. The maximum Gasteiger partial charge on any atom is 0.332 e. The van der Waals surface area contributed by atoms with Crippen molar-refractivity contribution in [3.05, 3.63) is 12.7 Å². The second-order valence-electron chi connectivity index (χ2n) is 10.3. The summed E-state index contributed by atoms with van der Waals surface area (Å²) in [4.78, 5) is 25.5. The van der Waals surface area contributed by atoms with E-state index in [1.165, 1.54) is 13.0 Å². The van der Waals surface area contributed by atoms with E-state index in [9.17, 15) is 24.9 Å². The average molecular weight is 411 g/mol. The lowest BCUT2D eigenvalue weighted by atomic mass is 9.40. The lowest BCUT2D eigenvalue weighted by Crippen LogP contribution is -2.84. The number of ketones is 1. The van der Waals surface area contributed by atoms with Crippen LogP contribution in [0.5, 0.6) is 0 Å². The lowest BCUT2D eigenvalue weighted by molar-refractivity contribution is -0.357.